The highest BCUT2D eigenvalue weighted by Gasteiger charge is 2.21. The molecule has 0 radical (unpaired) electrons. The number of carbonyl (C=O) groups is 1. The maximum absolute atomic E-state index is 12.9. The molecule has 1 aliphatic heterocycles. The smallest absolute Gasteiger partial charge is 0.261 e. The number of ether oxygens (including phenoxy) is 1. The van der Waals surface area contributed by atoms with Gasteiger partial charge in [-0.3, -0.25) is 4.79 Å². The number of carbonyl (C=O) groups excluding carboxylic acids is 1. The zero-order valence-corrected chi connectivity index (χ0v) is 18.1. The number of nitrogens with zero attached hydrogens (tertiary/aromatic N) is 3. The van der Waals surface area contributed by atoms with Crippen LogP contribution in [0.4, 0.5) is 10.8 Å². The molecule has 4 rings (SSSR count). The fraction of sp³-hybridized carbons (Fsp3) is 0.304. The SMILES string of the molecule is CN(C)c1ccc(CNC(=O)c2cc(-c3ccccc3)c(N3CCOCC3)s2)cn1. The van der Waals surface area contributed by atoms with Crippen LogP contribution in [-0.4, -0.2) is 51.3 Å². The van der Waals surface area contributed by atoms with Gasteiger partial charge in [0.05, 0.1) is 23.1 Å². The Bertz CT molecular complexity index is 980. The Labute approximate surface area is 181 Å². The molecule has 0 atom stereocenters. The number of thiophene rings is 1. The van der Waals surface area contributed by atoms with Gasteiger partial charge < -0.3 is 19.9 Å². The van der Waals surface area contributed by atoms with E-state index in [0.717, 1.165) is 40.6 Å². The predicted molar refractivity (Wildman–Crippen MR) is 123 cm³/mol. The molecule has 1 N–H and O–H groups in total. The highest BCUT2D eigenvalue weighted by atomic mass is 32.1. The zero-order chi connectivity index (χ0) is 20.9. The van der Waals surface area contributed by atoms with Crippen LogP contribution in [0.5, 0.6) is 0 Å². The van der Waals surface area contributed by atoms with Crippen LogP contribution in [-0.2, 0) is 11.3 Å². The number of aromatic nitrogens is 1. The van der Waals surface area contributed by atoms with Crippen molar-refractivity contribution < 1.29 is 9.53 Å². The van der Waals surface area contributed by atoms with E-state index in [0.29, 0.717) is 24.6 Å². The summed E-state index contributed by atoms with van der Waals surface area (Å²) in [6.45, 7) is 3.55. The lowest BCUT2D eigenvalue weighted by Gasteiger charge is -2.28. The number of hydrogen-bond donors (Lipinski definition) is 1. The number of nitrogens with one attached hydrogen (secondary N) is 1. The van der Waals surface area contributed by atoms with Crippen LogP contribution in [0.2, 0.25) is 0 Å². The van der Waals surface area contributed by atoms with Gasteiger partial charge in [0.15, 0.2) is 0 Å². The third-order valence-corrected chi connectivity index (χ3v) is 6.23. The molecule has 0 saturated carbocycles. The largest absolute Gasteiger partial charge is 0.378 e. The molecule has 1 fully saturated rings. The molecule has 2 aromatic heterocycles. The van der Waals surface area contributed by atoms with Crippen molar-refractivity contribution >= 4 is 28.1 Å². The van der Waals surface area contributed by atoms with Crippen LogP contribution in [0.1, 0.15) is 15.2 Å². The molecule has 1 amide bonds. The molecule has 3 heterocycles. The van der Waals surface area contributed by atoms with Gasteiger partial charge in [0.1, 0.15) is 5.82 Å². The van der Waals surface area contributed by atoms with Crippen molar-refractivity contribution in [2.75, 3.05) is 50.2 Å². The summed E-state index contributed by atoms with van der Waals surface area (Å²) < 4.78 is 5.51. The van der Waals surface area contributed by atoms with E-state index < -0.39 is 0 Å². The summed E-state index contributed by atoms with van der Waals surface area (Å²) in [6, 6.07) is 16.2. The second-order valence-corrected chi connectivity index (χ2v) is 8.43. The fourth-order valence-electron chi connectivity index (χ4n) is 3.37. The summed E-state index contributed by atoms with van der Waals surface area (Å²) in [5.74, 6) is 0.833. The van der Waals surface area contributed by atoms with Gasteiger partial charge in [-0.25, -0.2) is 4.98 Å². The van der Waals surface area contributed by atoms with E-state index >= 15 is 0 Å². The zero-order valence-electron chi connectivity index (χ0n) is 17.3. The maximum Gasteiger partial charge on any atom is 0.261 e. The van der Waals surface area contributed by atoms with Crippen molar-refractivity contribution in [2.24, 2.45) is 0 Å². The summed E-state index contributed by atoms with van der Waals surface area (Å²) >= 11 is 1.55. The lowest BCUT2D eigenvalue weighted by Crippen LogP contribution is -2.35. The molecule has 30 heavy (non-hydrogen) atoms. The number of anilines is 2. The second-order valence-electron chi connectivity index (χ2n) is 7.40. The Kier molecular flexibility index (Phi) is 6.30. The molecule has 1 aromatic carbocycles. The van der Waals surface area contributed by atoms with E-state index in [9.17, 15) is 4.79 Å². The van der Waals surface area contributed by atoms with Crippen molar-refractivity contribution in [1.82, 2.24) is 10.3 Å². The lowest BCUT2D eigenvalue weighted by atomic mass is 10.1. The van der Waals surface area contributed by atoms with E-state index in [1.165, 1.54) is 0 Å². The van der Waals surface area contributed by atoms with E-state index in [1.807, 2.05) is 55.4 Å². The minimum absolute atomic E-state index is 0.0617. The first-order chi connectivity index (χ1) is 14.6. The maximum atomic E-state index is 12.9. The molecule has 0 bridgehead atoms. The molecule has 0 spiro atoms. The standard InChI is InChI=1S/C23H26N4O2S/c1-26(2)21-9-8-17(15-24-21)16-25-22(28)20-14-19(18-6-4-3-5-7-18)23(30-20)27-10-12-29-13-11-27/h3-9,14-15H,10-13,16H2,1-2H3,(H,25,28). The summed E-state index contributed by atoms with van der Waals surface area (Å²) in [7, 11) is 3.91. The summed E-state index contributed by atoms with van der Waals surface area (Å²) in [4.78, 5) is 22.3. The van der Waals surface area contributed by atoms with Crippen molar-refractivity contribution in [3.05, 3.63) is 65.2 Å². The number of morpholine rings is 1. The molecule has 1 saturated heterocycles. The number of hydrogen-bond acceptors (Lipinski definition) is 6. The van der Waals surface area contributed by atoms with Gasteiger partial charge in [-0.05, 0) is 23.3 Å². The molecule has 6 nitrogen and oxygen atoms in total. The summed E-state index contributed by atoms with van der Waals surface area (Å²) in [6.07, 6.45) is 1.80. The Morgan fingerprint density at radius 1 is 1.17 bits per heavy atom. The van der Waals surface area contributed by atoms with Crippen LogP contribution in [0, 0.1) is 0 Å². The van der Waals surface area contributed by atoms with E-state index in [4.69, 9.17) is 4.74 Å². The minimum Gasteiger partial charge on any atom is -0.378 e. The highest BCUT2D eigenvalue weighted by Crippen LogP contribution is 2.39. The van der Waals surface area contributed by atoms with Crippen LogP contribution < -0.4 is 15.1 Å². The average molecular weight is 423 g/mol. The average Bonchev–Trinajstić information content (AvgIpc) is 3.24. The van der Waals surface area contributed by atoms with Gasteiger partial charge in [-0.2, -0.15) is 0 Å². The molecule has 7 heteroatoms. The Morgan fingerprint density at radius 2 is 1.93 bits per heavy atom. The molecule has 0 aliphatic carbocycles. The molecule has 3 aromatic rings. The predicted octanol–water partition coefficient (Wildman–Crippen LogP) is 3.64. The van der Waals surface area contributed by atoms with Gasteiger partial charge in [0, 0.05) is 45.5 Å². The van der Waals surface area contributed by atoms with E-state index in [2.05, 4.69) is 27.3 Å². The number of rotatable bonds is 6. The minimum atomic E-state index is -0.0617. The monoisotopic (exact) mass is 422 g/mol. The number of pyridine rings is 1. The normalized spacial score (nSPS) is 13.9. The van der Waals surface area contributed by atoms with Crippen molar-refractivity contribution in [3.8, 4) is 11.1 Å². The molecule has 1 aliphatic rings. The quantitative estimate of drug-likeness (QED) is 0.657. The molecule has 156 valence electrons. The summed E-state index contributed by atoms with van der Waals surface area (Å²) in [5, 5.41) is 4.16. The number of amides is 1. The fourth-order valence-corrected chi connectivity index (χ4v) is 4.52. The molecule has 0 unspecified atom stereocenters. The Hall–Kier alpha value is -2.90. The number of benzene rings is 1. The molecular weight excluding hydrogens is 396 g/mol. The van der Waals surface area contributed by atoms with Crippen LogP contribution in [0.3, 0.4) is 0 Å². The van der Waals surface area contributed by atoms with Crippen LogP contribution >= 0.6 is 11.3 Å². The third-order valence-electron chi connectivity index (χ3n) is 5.04. The van der Waals surface area contributed by atoms with Crippen LogP contribution in [0.15, 0.2) is 54.7 Å². The third kappa shape index (κ3) is 4.63. The van der Waals surface area contributed by atoms with E-state index in [1.54, 1.807) is 17.5 Å². The van der Waals surface area contributed by atoms with Gasteiger partial charge in [0.2, 0.25) is 0 Å². The van der Waals surface area contributed by atoms with Gasteiger partial charge in [-0.15, -0.1) is 11.3 Å². The van der Waals surface area contributed by atoms with Crippen molar-refractivity contribution in [2.45, 2.75) is 6.54 Å². The first-order valence-corrected chi connectivity index (χ1v) is 10.9. The first-order valence-electron chi connectivity index (χ1n) is 10.0. The van der Waals surface area contributed by atoms with Crippen molar-refractivity contribution in [1.29, 1.82) is 0 Å². The Balaban J connectivity index is 1.52. The summed E-state index contributed by atoms with van der Waals surface area (Å²) in [5.41, 5.74) is 3.20. The molecular formula is C23H26N4O2S. The topological polar surface area (TPSA) is 57.7 Å². The second kappa shape index (κ2) is 9.28. The van der Waals surface area contributed by atoms with E-state index in [-0.39, 0.29) is 5.91 Å². The van der Waals surface area contributed by atoms with Crippen LogP contribution in [0.25, 0.3) is 11.1 Å². The Morgan fingerprint density at radius 3 is 2.60 bits per heavy atom. The van der Waals surface area contributed by atoms with Gasteiger partial charge in [0.25, 0.3) is 5.91 Å². The van der Waals surface area contributed by atoms with Gasteiger partial charge in [-0.1, -0.05) is 36.4 Å². The lowest BCUT2D eigenvalue weighted by molar-refractivity contribution is 0.0955. The highest BCUT2D eigenvalue weighted by molar-refractivity contribution is 7.18. The van der Waals surface area contributed by atoms with Gasteiger partial charge >= 0.3 is 0 Å². The first kappa shape index (κ1) is 20.4. The van der Waals surface area contributed by atoms with Crippen molar-refractivity contribution in [3.63, 3.8) is 0 Å².